The molecule has 0 saturated carbocycles. The lowest BCUT2D eigenvalue weighted by Crippen LogP contribution is -2.11. The Balaban J connectivity index is 0.000000143. The molecule has 0 fully saturated rings. The lowest BCUT2D eigenvalue weighted by Gasteiger charge is -1.93. The summed E-state index contributed by atoms with van der Waals surface area (Å²) in [4.78, 5) is 8.50. The van der Waals surface area contributed by atoms with Crippen LogP contribution in [0.4, 0.5) is 11.4 Å². The smallest absolute Gasteiger partial charge is 0.189 e. The van der Waals surface area contributed by atoms with Gasteiger partial charge in [-0.1, -0.05) is 36.4 Å². The predicted molar refractivity (Wildman–Crippen MR) is 103 cm³/mol. The van der Waals surface area contributed by atoms with Crippen molar-refractivity contribution in [2.75, 3.05) is 12.5 Å². The van der Waals surface area contributed by atoms with Crippen molar-refractivity contribution in [3.05, 3.63) is 59.7 Å². The van der Waals surface area contributed by atoms with Gasteiger partial charge in [0.1, 0.15) is 5.04 Å². The van der Waals surface area contributed by atoms with Crippen molar-refractivity contribution in [1.29, 1.82) is 0 Å². The zero-order valence-electron chi connectivity index (χ0n) is 13.6. The van der Waals surface area contributed by atoms with Gasteiger partial charge in [-0.2, -0.15) is 0 Å². The number of benzene rings is 2. The Morgan fingerprint density at radius 1 is 0.875 bits per heavy atom. The van der Waals surface area contributed by atoms with Crippen LogP contribution in [0.5, 0.6) is 0 Å². The number of rotatable bonds is 0. The van der Waals surface area contributed by atoms with Gasteiger partial charge in [-0.05, 0) is 29.5 Å². The number of sulfone groups is 1. The second-order valence-electron chi connectivity index (χ2n) is 5.60. The molecular weight excluding hydrogens is 340 g/mol. The summed E-state index contributed by atoms with van der Waals surface area (Å²) >= 11 is 1.74. The van der Waals surface area contributed by atoms with Crippen molar-refractivity contribution < 1.29 is 8.42 Å². The standard InChI is InChI=1S/C9H9NO2S.C9H9NS/c1-13(11,12)9-6-7-4-2-3-5-8(7)10-9;1-11-9-6-7-4-2-3-5-8(7)10-9/h2-5H,6H2,1H3;2-5H,6H2,1H3. The lowest BCUT2D eigenvalue weighted by molar-refractivity contribution is 0.612. The molecule has 124 valence electrons. The van der Waals surface area contributed by atoms with Gasteiger partial charge in [0.2, 0.25) is 0 Å². The van der Waals surface area contributed by atoms with Gasteiger partial charge in [0.15, 0.2) is 9.84 Å². The monoisotopic (exact) mass is 358 g/mol. The van der Waals surface area contributed by atoms with E-state index in [2.05, 4.69) is 34.4 Å². The summed E-state index contributed by atoms with van der Waals surface area (Å²) < 4.78 is 22.3. The van der Waals surface area contributed by atoms with E-state index in [1.54, 1.807) is 11.8 Å². The highest BCUT2D eigenvalue weighted by Crippen LogP contribution is 2.29. The van der Waals surface area contributed by atoms with Gasteiger partial charge in [0.25, 0.3) is 0 Å². The summed E-state index contributed by atoms with van der Waals surface area (Å²) in [6.45, 7) is 0. The predicted octanol–water partition coefficient (Wildman–Crippen LogP) is 3.95. The van der Waals surface area contributed by atoms with E-state index in [0.717, 1.165) is 23.4 Å². The van der Waals surface area contributed by atoms with Gasteiger partial charge >= 0.3 is 0 Å². The molecule has 2 aliphatic heterocycles. The van der Waals surface area contributed by atoms with Gasteiger partial charge in [-0.25, -0.2) is 18.4 Å². The summed E-state index contributed by atoms with van der Waals surface area (Å²) in [6, 6.07) is 15.8. The molecule has 2 heterocycles. The summed E-state index contributed by atoms with van der Waals surface area (Å²) in [5.41, 5.74) is 4.28. The van der Waals surface area contributed by atoms with Crippen molar-refractivity contribution in [1.82, 2.24) is 0 Å². The molecule has 4 nitrogen and oxygen atoms in total. The average Bonchev–Trinajstić information content (AvgIpc) is 3.18. The van der Waals surface area contributed by atoms with E-state index in [-0.39, 0.29) is 5.04 Å². The summed E-state index contributed by atoms with van der Waals surface area (Å²) in [5, 5.41) is 1.50. The molecule has 0 spiro atoms. The first kappa shape index (κ1) is 16.9. The minimum Gasteiger partial charge on any atom is -0.246 e. The molecule has 0 unspecified atom stereocenters. The van der Waals surface area contributed by atoms with Crippen LogP contribution in [-0.2, 0) is 22.7 Å². The lowest BCUT2D eigenvalue weighted by atomic mass is 10.2. The van der Waals surface area contributed by atoms with E-state index in [4.69, 9.17) is 0 Å². The minimum absolute atomic E-state index is 0.272. The first-order chi connectivity index (χ1) is 11.5. The van der Waals surface area contributed by atoms with Crippen LogP contribution in [0.15, 0.2) is 58.5 Å². The van der Waals surface area contributed by atoms with Gasteiger partial charge < -0.3 is 0 Å². The fraction of sp³-hybridized carbons (Fsp3) is 0.222. The van der Waals surface area contributed by atoms with Crippen LogP contribution >= 0.6 is 11.8 Å². The van der Waals surface area contributed by atoms with Gasteiger partial charge in [-0.15, -0.1) is 11.8 Å². The summed E-state index contributed by atoms with van der Waals surface area (Å²) in [5.74, 6) is 0. The Morgan fingerprint density at radius 2 is 1.42 bits per heavy atom. The number of hydrogen-bond acceptors (Lipinski definition) is 5. The van der Waals surface area contributed by atoms with Gasteiger partial charge in [-0.3, -0.25) is 0 Å². The second-order valence-corrected chi connectivity index (χ2v) is 8.49. The molecule has 0 aromatic heterocycles. The van der Waals surface area contributed by atoms with Crippen molar-refractivity contribution in [2.45, 2.75) is 12.8 Å². The molecule has 0 N–H and O–H groups in total. The fourth-order valence-electron chi connectivity index (χ4n) is 2.54. The zero-order valence-corrected chi connectivity index (χ0v) is 15.2. The van der Waals surface area contributed by atoms with Crippen molar-refractivity contribution >= 4 is 43.1 Å². The molecule has 0 amide bonds. The maximum absolute atomic E-state index is 11.2. The molecule has 0 bridgehead atoms. The molecule has 24 heavy (non-hydrogen) atoms. The second kappa shape index (κ2) is 6.91. The number of para-hydroxylation sites is 2. The molecule has 2 aromatic rings. The maximum Gasteiger partial charge on any atom is 0.189 e. The molecule has 0 saturated heterocycles. The van der Waals surface area contributed by atoms with E-state index in [9.17, 15) is 8.42 Å². The first-order valence-corrected chi connectivity index (χ1v) is 10.6. The Morgan fingerprint density at radius 3 is 1.92 bits per heavy atom. The third kappa shape index (κ3) is 3.76. The average molecular weight is 358 g/mol. The van der Waals surface area contributed by atoms with Crippen molar-refractivity contribution in [3.63, 3.8) is 0 Å². The third-order valence-corrected chi connectivity index (χ3v) is 5.62. The minimum atomic E-state index is -3.12. The normalized spacial score (nSPS) is 14.9. The quantitative estimate of drug-likeness (QED) is 0.716. The van der Waals surface area contributed by atoms with Crippen LogP contribution in [0.2, 0.25) is 0 Å². The van der Waals surface area contributed by atoms with Crippen molar-refractivity contribution in [3.8, 4) is 0 Å². The SMILES string of the molecule is CS(=O)(=O)C1=Nc2ccccc2C1.CSC1=Nc2ccccc2C1. The Bertz CT molecular complexity index is 932. The van der Waals surface area contributed by atoms with E-state index >= 15 is 0 Å². The topological polar surface area (TPSA) is 58.9 Å². The molecule has 2 aliphatic rings. The largest absolute Gasteiger partial charge is 0.246 e. The van der Waals surface area contributed by atoms with Crippen LogP contribution in [-0.4, -0.2) is 31.0 Å². The Kier molecular flexibility index (Phi) is 4.87. The Labute approximate surface area is 146 Å². The van der Waals surface area contributed by atoms with Crippen LogP contribution < -0.4 is 0 Å². The van der Waals surface area contributed by atoms with Crippen LogP contribution in [0.25, 0.3) is 0 Å². The number of thioether (sulfide) groups is 1. The highest BCUT2D eigenvalue weighted by Gasteiger charge is 2.21. The fourth-order valence-corrected chi connectivity index (χ4v) is 3.72. The van der Waals surface area contributed by atoms with Crippen LogP contribution in [0, 0.1) is 0 Å². The third-order valence-electron chi connectivity index (χ3n) is 3.82. The highest BCUT2D eigenvalue weighted by atomic mass is 32.2. The van der Waals surface area contributed by atoms with E-state index in [0.29, 0.717) is 6.42 Å². The molecule has 2 aromatic carbocycles. The zero-order chi connectivity index (χ0) is 17.2. The number of fused-ring (bicyclic) bond motifs is 2. The molecule has 4 rings (SSSR count). The van der Waals surface area contributed by atoms with Crippen LogP contribution in [0.1, 0.15) is 11.1 Å². The first-order valence-electron chi connectivity index (χ1n) is 7.52. The Hall–Kier alpha value is -1.92. The molecule has 0 radical (unpaired) electrons. The van der Waals surface area contributed by atoms with Crippen molar-refractivity contribution in [2.24, 2.45) is 9.98 Å². The van der Waals surface area contributed by atoms with E-state index in [1.807, 2.05) is 30.3 Å². The van der Waals surface area contributed by atoms with E-state index < -0.39 is 9.84 Å². The molecule has 0 aliphatic carbocycles. The molecule has 0 atom stereocenters. The number of aliphatic imine (C=N–C) groups is 2. The molecular formula is C18H18N2O2S2. The van der Waals surface area contributed by atoms with Gasteiger partial charge in [0, 0.05) is 19.1 Å². The highest BCUT2D eigenvalue weighted by molar-refractivity contribution is 8.13. The van der Waals surface area contributed by atoms with E-state index in [1.165, 1.54) is 16.9 Å². The number of hydrogen-bond donors (Lipinski definition) is 0. The van der Waals surface area contributed by atoms with Crippen LogP contribution in [0.3, 0.4) is 0 Å². The summed E-state index contributed by atoms with van der Waals surface area (Å²) in [6.07, 6.45) is 4.73. The number of nitrogens with zero attached hydrogens (tertiary/aromatic N) is 2. The summed E-state index contributed by atoms with van der Waals surface area (Å²) in [7, 11) is -3.12. The van der Waals surface area contributed by atoms with Gasteiger partial charge in [0.05, 0.1) is 16.4 Å². The maximum atomic E-state index is 11.2. The molecule has 6 heteroatoms.